The lowest BCUT2D eigenvalue weighted by molar-refractivity contribution is 0.806. The van der Waals surface area contributed by atoms with Gasteiger partial charge in [-0.25, -0.2) is 4.98 Å². The fourth-order valence-corrected chi connectivity index (χ4v) is 9.71. The van der Waals surface area contributed by atoms with Crippen molar-refractivity contribution in [3.63, 3.8) is 0 Å². The minimum Gasteiger partial charge on any atom is -0.250 e. The molecule has 3 heterocycles. The zero-order chi connectivity index (χ0) is 32.8. The van der Waals surface area contributed by atoms with Gasteiger partial charge in [-0.15, -0.1) is 11.3 Å². The molecular formula is C47H30N2S. The SMILES string of the molecule is C1=CC2=Nc3c(nc(-c4cc(-c5cccc6c5Cc5ccccc5-6)cc(-c5cccc6c5sc5ccccc56)c4)c4ccccc34)CC2C=C1. The second-order valence-electron chi connectivity index (χ2n) is 13.6. The van der Waals surface area contributed by atoms with E-state index in [1.165, 1.54) is 64.7 Å². The lowest BCUT2D eigenvalue weighted by atomic mass is 9.87. The highest BCUT2D eigenvalue weighted by Crippen LogP contribution is 2.47. The molecule has 1 atom stereocenters. The lowest BCUT2D eigenvalue weighted by Crippen LogP contribution is -2.19. The first-order valence-electron chi connectivity index (χ1n) is 17.4. The summed E-state index contributed by atoms with van der Waals surface area (Å²) in [4.78, 5) is 10.7. The molecule has 0 saturated heterocycles. The first-order valence-corrected chi connectivity index (χ1v) is 18.2. The van der Waals surface area contributed by atoms with E-state index < -0.39 is 0 Å². The summed E-state index contributed by atoms with van der Waals surface area (Å²) in [5.74, 6) is 0.259. The molecule has 6 aromatic carbocycles. The van der Waals surface area contributed by atoms with Gasteiger partial charge in [0.1, 0.15) is 0 Å². The molecule has 0 amide bonds. The van der Waals surface area contributed by atoms with Crippen molar-refractivity contribution in [1.29, 1.82) is 0 Å². The predicted molar refractivity (Wildman–Crippen MR) is 212 cm³/mol. The van der Waals surface area contributed by atoms with E-state index >= 15 is 0 Å². The van der Waals surface area contributed by atoms with Crippen LogP contribution >= 0.6 is 11.3 Å². The normalized spacial score (nSPS) is 15.6. The van der Waals surface area contributed by atoms with E-state index in [9.17, 15) is 0 Å². The zero-order valence-corrected chi connectivity index (χ0v) is 28.0. The Morgan fingerprint density at radius 3 is 2.22 bits per heavy atom. The first-order chi connectivity index (χ1) is 24.8. The fraction of sp³-hybridized carbons (Fsp3) is 0.0638. The van der Waals surface area contributed by atoms with Gasteiger partial charge in [-0.05, 0) is 81.3 Å². The number of aliphatic imine (C=N–C) groups is 1. The third kappa shape index (κ3) is 4.20. The molecule has 2 nitrogen and oxygen atoms in total. The molecule has 0 bridgehead atoms. The Hall–Kier alpha value is -5.90. The minimum atomic E-state index is 0.259. The Morgan fingerprint density at radius 2 is 1.28 bits per heavy atom. The van der Waals surface area contributed by atoms with E-state index in [0.29, 0.717) is 0 Å². The van der Waals surface area contributed by atoms with E-state index in [4.69, 9.17) is 9.98 Å². The summed E-state index contributed by atoms with van der Waals surface area (Å²) in [7, 11) is 0. The number of benzene rings is 6. The number of fused-ring (bicyclic) bond motifs is 10. The second-order valence-corrected chi connectivity index (χ2v) is 14.7. The predicted octanol–water partition coefficient (Wildman–Crippen LogP) is 12.5. The molecule has 50 heavy (non-hydrogen) atoms. The molecule has 0 saturated carbocycles. The van der Waals surface area contributed by atoms with E-state index in [-0.39, 0.29) is 5.92 Å². The van der Waals surface area contributed by atoms with Crippen LogP contribution < -0.4 is 0 Å². The van der Waals surface area contributed by atoms with Gasteiger partial charge in [-0.2, -0.15) is 0 Å². The summed E-state index contributed by atoms with van der Waals surface area (Å²) in [6.07, 6.45) is 10.4. The summed E-state index contributed by atoms with van der Waals surface area (Å²) < 4.78 is 2.64. The molecule has 2 aromatic heterocycles. The maximum absolute atomic E-state index is 5.51. The monoisotopic (exact) mass is 654 g/mol. The van der Waals surface area contributed by atoms with E-state index in [1.807, 2.05) is 11.3 Å². The zero-order valence-electron chi connectivity index (χ0n) is 27.2. The van der Waals surface area contributed by atoms with Crippen LogP contribution in [0, 0.1) is 5.92 Å². The van der Waals surface area contributed by atoms with Crippen molar-refractivity contribution in [1.82, 2.24) is 4.98 Å². The average molecular weight is 655 g/mol. The van der Waals surface area contributed by atoms with Crippen LogP contribution in [0.3, 0.4) is 0 Å². The van der Waals surface area contributed by atoms with Gasteiger partial charge in [0, 0.05) is 54.6 Å². The third-order valence-electron chi connectivity index (χ3n) is 10.8. The molecule has 1 unspecified atom stereocenters. The van der Waals surface area contributed by atoms with Crippen LogP contribution in [-0.2, 0) is 12.8 Å². The number of nitrogens with zero attached hydrogens (tertiary/aromatic N) is 2. The maximum Gasteiger partial charge on any atom is 0.0927 e. The molecule has 0 radical (unpaired) electrons. The van der Waals surface area contributed by atoms with Crippen LogP contribution in [0.2, 0.25) is 0 Å². The highest BCUT2D eigenvalue weighted by atomic mass is 32.1. The van der Waals surface area contributed by atoms with Gasteiger partial charge in [0.25, 0.3) is 0 Å². The smallest absolute Gasteiger partial charge is 0.0927 e. The van der Waals surface area contributed by atoms with E-state index in [2.05, 4.69) is 152 Å². The van der Waals surface area contributed by atoms with Crippen LogP contribution in [0.4, 0.5) is 5.69 Å². The Balaban J connectivity index is 1.19. The van der Waals surface area contributed by atoms with Gasteiger partial charge in [-0.1, -0.05) is 121 Å². The maximum atomic E-state index is 5.51. The standard InChI is InChI=1S/C47H30N2S/c1-3-13-33-28(11-1)26-41-34(17-9-19-36(33)41)30-23-31(35-18-10-20-40-37-14-6-8-22-44(37)50-47(35)40)25-32(24-30)45-38-15-4-5-16-39(38)46-43(49-45)27-29-12-2-7-21-42(29)48-46/h1-25,29H,26-27H2. The second kappa shape index (κ2) is 10.8. The van der Waals surface area contributed by atoms with Gasteiger partial charge < -0.3 is 0 Å². The summed E-state index contributed by atoms with van der Waals surface area (Å²) in [6, 6.07) is 47.1. The molecular weight excluding hydrogens is 625 g/mol. The molecule has 0 fully saturated rings. The van der Waals surface area contributed by atoms with Gasteiger partial charge in [-0.3, -0.25) is 4.99 Å². The molecule has 3 aliphatic rings. The first kappa shape index (κ1) is 28.0. The van der Waals surface area contributed by atoms with E-state index in [0.717, 1.165) is 52.0 Å². The molecule has 2 aliphatic carbocycles. The summed E-state index contributed by atoms with van der Waals surface area (Å²) in [5.41, 5.74) is 15.9. The molecule has 234 valence electrons. The van der Waals surface area contributed by atoms with Crippen molar-refractivity contribution in [3.8, 4) is 44.6 Å². The lowest BCUT2D eigenvalue weighted by Gasteiger charge is -2.24. The molecule has 0 N–H and O–H groups in total. The van der Waals surface area contributed by atoms with Crippen molar-refractivity contribution < 1.29 is 0 Å². The largest absolute Gasteiger partial charge is 0.250 e. The van der Waals surface area contributed by atoms with Gasteiger partial charge >= 0.3 is 0 Å². The Kier molecular flexibility index (Phi) is 6.05. The van der Waals surface area contributed by atoms with Crippen LogP contribution in [0.1, 0.15) is 16.8 Å². The highest BCUT2D eigenvalue weighted by Gasteiger charge is 2.26. The summed E-state index contributed by atoms with van der Waals surface area (Å²) >= 11 is 1.89. The Morgan fingerprint density at radius 1 is 0.580 bits per heavy atom. The van der Waals surface area contributed by atoms with Crippen LogP contribution in [0.25, 0.3) is 75.6 Å². The number of thiophene rings is 1. The number of hydrogen-bond donors (Lipinski definition) is 0. The van der Waals surface area contributed by atoms with Gasteiger partial charge in [0.15, 0.2) is 0 Å². The van der Waals surface area contributed by atoms with Crippen LogP contribution in [0.15, 0.2) is 157 Å². The minimum absolute atomic E-state index is 0.259. The Labute approximate surface area is 294 Å². The fourth-order valence-electron chi connectivity index (χ4n) is 8.47. The van der Waals surface area contributed by atoms with Crippen molar-refractivity contribution in [3.05, 3.63) is 169 Å². The topological polar surface area (TPSA) is 25.2 Å². The van der Waals surface area contributed by atoms with Crippen LogP contribution in [-0.4, -0.2) is 10.7 Å². The summed E-state index contributed by atoms with van der Waals surface area (Å²) in [5, 5.41) is 4.93. The van der Waals surface area contributed by atoms with Gasteiger partial charge in [0.2, 0.25) is 0 Å². The highest BCUT2D eigenvalue weighted by molar-refractivity contribution is 7.26. The quantitative estimate of drug-likeness (QED) is 0.186. The number of pyridine rings is 1. The number of allylic oxidation sites excluding steroid dienone is 4. The number of aromatic nitrogens is 1. The third-order valence-corrected chi connectivity index (χ3v) is 12.0. The number of hydrogen-bond acceptors (Lipinski definition) is 3. The number of rotatable bonds is 3. The average Bonchev–Trinajstić information content (AvgIpc) is 3.75. The molecule has 8 aromatic rings. The van der Waals surface area contributed by atoms with Crippen LogP contribution in [0.5, 0.6) is 0 Å². The van der Waals surface area contributed by atoms with Crippen molar-refractivity contribution in [2.75, 3.05) is 0 Å². The molecule has 3 heteroatoms. The van der Waals surface area contributed by atoms with E-state index in [1.54, 1.807) is 0 Å². The molecule has 1 aliphatic heterocycles. The van der Waals surface area contributed by atoms with Gasteiger partial charge in [0.05, 0.1) is 17.1 Å². The van der Waals surface area contributed by atoms with Crippen molar-refractivity contribution in [2.24, 2.45) is 10.9 Å². The van der Waals surface area contributed by atoms with Crippen molar-refractivity contribution >= 4 is 53.7 Å². The molecule has 11 rings (SSSR count). The summed E-state index contributed by atoms with van der Waals surface area (Å²) in [6.45, 7) is 0. The Bertz CT molecular complexity index is 2830. The van der Waals surface area contributed by atoms with Crippen molar-refractivity contribution in [2.45, 2.75) is 12.8 Å². The molecule has 0 spiro atoms.